The minimum atomic E-state index is -1.99. The van der Waals surface area contributed by atoms with Crippen LogP contribution < -0.4 is 9.64 Å². The van der Waals surface area contributed by atoms with E-state index >= 15 is 4.39 Å². The van der Waals surface area contributed by atoms with E-state index in [1.807, 2.05) is 11.0 Å². The SMILES string of the molecule is N#Cc1cc(N2CCC(F)(C(=O)N3C[C@@H]4C[C@H]3c3cncc(C#N)c3O4)CC2)ncn1. The summed E-state index contributed by atoms with van der Waals surface area (Å²) in [6.07, 6.45) is 4.69. The number of nitrogens with zero attached hydrogens (tertiary/aromatic N) is 7. The van der Waals surface area contributed by atoms with Gasteiger partial charge in [0, 0.05) is 56.4 Å². The minimum Gasteiger partial charge on any atom is -0.487 e. The van der Waals surface area contributed by atoms with Crippen LogP contribution in [0.5, 0.6) is 5.75 Å². The molecule has 0 aliphatic carbocycles. The van der Waals surface area contributed by atoms with Gasteiger partial charge in [-0.15, -0.1) is 0 Å². The van der Waals surface area contributed by atoms with Crippen LogP contribution in [0.1, 0.15) is 42.1 Å². The number of rotatable bonds is 2. The Labute approximate surface area is 177 Å². The number of hydrogen-bond donors (Lipinski definition) is 0. The van der Waals surface area contributed by atoms with Crippen molar-refractivity contribution in [2.75, 3.05) is 24.5 Å². The highest BCUT2D eigenvalue weighted by Gasteiger charge is 2.51. The highest BCUT2D eigenvalue weighted by atomic mass is 19.1. The number of halogens is 1. The Morgan fingerprint density at radius 2 is 2.03 bits per heavy atom. The smallest absolute Gasteiger partial charge is 0.261 e. The number of pyridine rings is 1. The predicted molar refractivity (Wildman–Crippen MR) is 104 cm³/mol. The summed E-state index contributed by atoms with van der Waals surface area (Å²) in [6.45, 7) is 0.897. The van der Waals surface area contributed by atoms with Gasteiger partial charge in [0.2, 0.25) is 0 Å². The lowest BCUT2D eigenvalue weighted by Gasteiger charge is -2.39. The van der Waals surface area contributed by atoms with Crippen LogP contribution >= 0.6 is 0 Å². The van der Waals surface area contributed by atoms with Crippen molar-refractivity contribution in [2.24, 2.45) is 0 Å². The van der Waals surface area contributed by atoms with Crippen molar-refractivity contribution in [2.45, 2.75) is 37.1 Å². The molecule has 2 atom stereocenters. The van der Waals surface area contributed by atoms with Gasteiger partial charge in [-0.1, -0.05) is 0 Å². The average Bonchev–Trinajstić information content (AvgIpc) is 3.16. The average molecular weight is 419 g/mol. The molecule has 0 unspecified atom stereocenters. The molecule has 5 heterocycles. The Kier molecular flexibility index (Phi) is 4.44. The van der Waals surface area contributed by atoms with E-state index < -0.39 is 11.6 Å². The van der Waals surface area contributed by atoms with Crippen molar-refractivity contribution in [1.82, 2.24) is 19.9 Å². The van der Waals surface area contributed by atoms with Crippen LogP contribution in [-0.4, -0.2) is 57.2 Å². The van der Waals surface area contributed by atoms with E-state index in [-0.39, 0.29) is 37.2 Å². The van der Waals surface area contributed by atoms with Gasteiger partial charge < -0.3 is 14.5 Å². The molecule has 2 bridgehead atoms. The van der Waals surface area contributed by atoms with Gasteiger partial charge in [-0.25, -0.2) is 14.4 Å². The molecule has 5 rings (SSSR count). The third kappa shape index (κ3) is 3.12. The summed E-state index contributed by atoms with van der Waals surface area (Å²) in [4.78, 5) is 28.8. The van der Waals surface area contributed by atoms with Crippen LogP contribution in [0.3, 0.4) is 0 Å². The standard InChI is InChI=1S/C21H18FN7O2/c22-21(1-3-28(4-2-21)18-5-14(8-24)26-12-27-18)20(30)29-11-15-6-17(29)16-10-25-9-13(7-23)19(16)31-15/h5,9-10,12,15,17H,1-4,6,11H2/t15-,17-/m0/s1. The lowest BCUT2D eigenvalue weighted by atomic mass is 9.90. The molecule has 0 aromatic carbocycles. The van der Waals surface area contributed by atoms with Gasteiger partial charge in [-0.05, 0) is 0 Å². The number of piperidine rings is 1. The van der Waals surface area contributed by atoms with Crippen LogP contribution in [0.2, 0.25) is 0 Å². The molecule has 0 radical (unpaired) electrons. The zero-order chi connectivity index (χ0) is 21.6. The molecule has 1 amide bonds. The first-order chi connectivity index (χ1) is 15.0. The fraction of sp³-hybridized carbons (Fsp3) is 0.429. The van der Waals surface area contributed by atoms with E-state index in [0.717, 1.165) is 0 Å². The molecular formula is C21H18FN7O2. The molecule has 2 aromatic heterocycles. The van der Waals surface area contributed by atoms with E-state index in [4.69, 9.17) is 10.00 Å². The van der Waals surface area contributed by atoms with Crippen LogP contribution in [0.4, 0.5) is 10.2 Å². The number of likely N-dealkylation sites (tertiary alicyclic amines) is 1. The van der Waals surface area contributed by atoms with Crippen molar-refractivity contribution in [1.29, 1.82) is 10.5 Å². The number of anilines is 1. The molecule has 9 nitrogen and oxygen atoms in total. The molecule has 0 spiro atoms. The Bertz CT molecular complexity index is 1130. The van der Waals surface area contributed by atoms with E-state index in [9.17, 15) is 10.1 Å². The molecule has 10 heteroatoms. The predicted octanol–water partition coefficient (Wildman–Crippen LogP) is 1.66. The molecule has 3 aliphatic heterocycles. The molecule has 0 saturated carbocycles. The van der Waals surface area contributed by atoms with Crippen molar-refractivity contribution in [3.05, 3.63) is 41.6 Å². The normalized spacial score (nSPS) is 23.3. The van der Waals surface area contributed by atoms with E-state index in [1.54, 1.807) is 17.2 Å². The number of carbonyl (C=O) groups excluding carboxylic acids is 1. The van der Waals surface area contributed by atoms with Gasteiger partial charge in [0.1, 0.15) is 47.4 Å². The molecule has 2 aromatic rings. The Hall–Kier alpha value is -3.79. The number of alkyl halides is 1. The maximum Gasteiger partial charge on any atom is 0.261 e. The molecule has 31 heavy (non-hydrogen) atoms. The summed E-state index contributed by atoms with van der Waals surface area (Å²) in [7, 11) is 0. The second-order valence-corrected chi connectivity index (χ2v) is 7.99. The van der Waals surface area contributed by atoms with Crippen molar-refractivity contribution >= 4 is 11.7 Å². The monoisotopic (exact) mass is 419 g/mol. The molecule has 3 aliphatic rings. The van der Waals surface area contributed by atoms with Crippen molar-refractivity contribution in [3.8, 4) is 17.9 Å². The lowest BCUT2D eigenvalue weighted by Crippen LogP contribution is -2.52. The van der Waals surface area contributed by atoms with Crippen LogP contribution in [-0.2, 0) is 4.79 Å². The minimum absolute atomic E-state index is 0.0236. The largest absolute Gasteiger partial charge is 0.487 e. The fourth-order valence-electron chi connectivity index (χ4n) is 4.62. The van der Waals surface area contributed by atoms with Crippen LogP contribution in [0.15, 0.2) is 24.8 Å². The first-order valence-electron chi connectivity index (χ1n) is 10.0. The van der Waals surface area contributed by atoms with Gasteiger partial charge in [-0.2, -0.15) is 10.5 Å². The number of nitriles is 2. The van der Waals surface area contributed by atoms with Gasteiger partial charge in [0.05, 0.1) is 12.6 Å². The highest BCUT2D eigenvalue weighted by molar-refractivity contribution is 5.86. The fourth-order valence-corrected chi connectivity index (χ4v) is 4.62. The van der Waals surface area contributed by atoms with E-state index in [0.29, 0.717) is 42.2 Å². The summed E-state index contributed by atoms with van der Waals surface area (Å²) in [5.74, 6) is 0.461. The quantitative estimate of drug-likeness (QED) is 0.721. The second-order valence-electron chi connectivity index (χ2n) is 7.99. The van der Waals surface area contributed by atoms with E-state index in [1.165, 1.54) is 12.5 Å². The lowest BCUT2D eigenvalue weighted by molar-refractivity contribution is -0.146. The molecular weight excluding hydrogens is 401 g/mol. The number of ether oxygens (including phenoxy) is 1. The Morgan fingerprint density at radius 3 is 2.77 bits per heavy atom. The topological polar surface area (TPSA) is 119 Å². The first-order valence-corrected chi connectivity index (χ1v) is 10.0. The number of amides is 1. The zero-order valence-electron chi connectivity index (χ0n) is 16.5. The third-order valence-electron chi connectivity index (χ3n) is 6.24. The number of hydrogen-bond acceptors (Lipinski definition) is 8. The summed E-state index contributed by atoms with van der Waals surface area (Å²) >= 11 is 0. The number of aromatic nitrogens is 3. The van der Waals surface area contributed by atoms with Crippen molar-refractivity contribution < 1.29 is 13.9 Å². The Balaban J connectivity index is 1.34. The summed E-state index contributed by atoms with van der Waals surface area (Å²) in [6, 6.07) is 5.25. The summed E-state index contributed by atoms with van der Waals surface area (Å²) in [5, 5.41) is 18.3. The third-order valence-corrected chi connectivity index (χ3v) is 6.24. The number of fused-ring (bicyclic) bond motifs is 4. The van der Waals surface area contributed by atoms with Gasteiger partial charge in [0.15, 0.2) is 5.67 Å². The Morgan fingerprint density at radius 1 is 1.23 bits per heavy atom. The zero-order valence-corrected chi connectivity index (χ0v) is 16.5. The van der Waals surface area contributed by atoms with Gasteiger partial charge in [0.25, 0.3) is 5.91 Å². The number of carbonyl (C=O) groups is 1. The summed E-state index contributed by atoms with van der Waals surface area (Å²) in [5.41, 5.74) is -0.760. The van der Waals surface area contributed by atoms with Crippen LogP contribution in [0.25, 0.3) is 0 Å². The molecule has 0 N–H and O–H groups in total. The maximum atomic E-state index is 15.8. The van der Waals surface area contributed by atoms with Crippen molar-refractivity contribution in [3.63, 3.8) is 0 Å². The maximum absolute atomic E-state index is 15.8. The van der Waals surface area contributed by atoms with E-state index in [2.05, 4.69) is 21.0 Å². The molecule has 156 valence electrons. The summed E-state index contributed by atoms with van der Waals surface area (Å²) < 4.78 is 21.7. The van der Waals surface area contributed by atoms with Crippen LogP contribution in [0, 0.1) is 22.7 Å². The highest BCUT2D eigenvalue weighted by Crippen LogP contribution is 2.46. The second kappa shape index (κ2) is 7.17. The van der Waals surface area contributed by atoms with Gasteiger partial charge >= 0.3 is 0 Å². The molecule has 2 fully saturated rings. The molecule has 2 saturated heterocycles. The first kappa shape index (κ1) is 19.2. The van der Waals surface area contributed by atoms with Gasteiger partial charge in [-0.3, -0.25) is 9.78 Å².